The Bertz CT molecular complexity index is 1130. The molecule has 10 heteroatoms. The van der Waals surface area contributed by atoms with Gasteiger partial charge in [-0.25, -0.2) is 13.5 Å². The molecule has 8 nitrogen and oxygen atoms in total. The molecule has 1 aromatic carbocycles. The third kappa shape index (κ3) is 7.20. The number of hydrogen-bond acceptors (Lipinski definition) is 5. The number of carbonyl (C=O) groups excluding carboxylic acids is 2. The zero-order valence-electron chi connectivity index (χ0n) is 23.0. The van der Waals surface area contributed by atoms with Crippen LogP contribution in [0.1, 0.15) is 66.0 Å². The van der Waals surface area contributed by atoms with Gasteiger partial charge in [0, 0.05) is 19.3 Å². The number of nitrogens with zero attached hydrogens (tertiary/aromatic N) is 5. The largest absolute Gasteiger partial charge is 0.350 e. The number of aromatic nitrogens is 4. The lowest BCUT2D eigenvalue weighted by molar-refractivity contribution is -0.142. The zero-order valence-corrected chi connectivity index (χ0v) is 23.0. The number of likely N-dealkylation sites (tertiary alicyclic amines) is 1. The molecule has 38 heavy (non-hydrogen) atoms. The molecule has 3 heterocycles. The number of nitrogens with one attached hydrogen (secondary N) is 1. The number of amides is 2. The van der Waals surface area contributed by atoms with E-state index in [0.29, 0.717) is 18.5 Å². The number of halogens is 2. The van der Waals surface area contributed by atoms with Crippen molar-refractivity contribution in [3.8, 4) is 11.1 Å². The van der Waals surface area contributed by atoms with Crippen LogP contribution < -0.4 is 5.32 Å². The van der Waals surface area contributed by atoms with Gasteiger partial charge in [-0.3, -0.25) is 14.6 Å². The van der Waals surface area contributed by atoms with E-state index >= 15 is 0 Å². The van der Waals surface area contributed by atoms with Crippen molar-refractivity contribution >= 4 is 11.8 Å². The smallest absolute Gasteiger partial charge is 0.248 e. The van der Waals surface area contributed by atoms with Gasteiger partial charge < -0.3 is 10.2 Å². The standard InChI is InChI=1S/C24H26F2N6O2.2C2H6/c1-15(2)22(32-11-9-29-30-32)24(34)31-10-3-4-20(31)23(33)28-12-16-5-7-17(8-6-16)21-18(25)13-27-14-19(21)26;2*1-2/h5-9,11,13-15,20,22H,3-4,10,12H2,1-2H3,(H,28,33);2*1-2H3. The van der Waals surface area contributed by atoms with Crippen molar-refractivity contribution in [1.82, 2.24) is 30.2 Å². The van der Waals surface area contributed by atoms with Crippen molar-refractivity contribution in [2.75, 3.05) is 6.54 Å². The van der Waals surface area contributed by atoms with Crippen LogP contribution in [0.4, 0.5) is 8.78 Å². The summed E-state index contributed by atoms with van der Waals surface area (Å²) in [5.74, 6) is -1.88. The second kappa shape index (κ2) is 14.9. The highest BCUT2D eigenvalue weighted by atomic mass is 19.1. The molecule has 2 aromatic heterocycles. The van der Waals surface area contributed by atoms with E-state index in [9.17, 15) is 18.4 Å². The topological polar surface area (TPSA) is 93.0 Å². The average Bonchev–Trinajstić information content (AvgIpc) is 3.63. The maximum absolute atomic E-state index is 14.0. The van der Waals surface area contributed by atoms with Gasteiger partial charge in [0.15, 0.2) is 11.6 Å². The molecule has 2 atom stereocenters. The zero-order chi connectivity index (χ0) is 28.2. The van der Waals surface area contributed by atoms with Crippen LogP contribution in [0.5, 0.6) is 0 Å². The first-order valence-corrected chi connectivity index (χ1v) is 13.2. The van der Waals surface area contributed by atoms with Crippen molar-refractivity contribution in [3.05, 3.63) is 66.3 Å². The molecule has 206 valence electrons. The van der Waals surface area contributed by atoms with Crippen LogP contribution in [0.3, 0.4) is 0 Å². The number of pyridine rings is 1. The Kier molecular flexibility index (Phi) is 12.0. The average molecular weight is 529 g/mol. The molecule has 1 saturated heterocycles. The molecule has 2 unspecified atom stereocenters. The van der Waals surface area contributed by atoms with Gasteiger partial charge in [-0.15, -0.1) is 5.10 Å². The van der Waals surface area contributed by atoms with Gasteiger partial charge in [0.05, 0.1) is 24.2 Å². The predicted octanol–water partition coefficient (Wildman–Crippen LogP) is 5.18. The Balaban J connectivity index is 0.00000121. The molecule has 2 amide bonds. The summed E-state index contributed by atoms with van der Waals surface area (Å²) >= 11 is 0. The van der Waals surface area contributed by atoms with Crippen LogP contribution >= 0.6 is 0 Å². The highest BCUT2D eigenvalue weighted by molar-refractivity contribution is 5.89. The molecule has 1 N–H and O–H groups in total. The van der Waals surface area contributed by atoms with Crippen LogP contribution in [-0.4, -0.2) is 49.3 Å². The molecular formula is C28H38F2N6O2. The minimum atomic E-state index is -0.738. The van der Waals surface area contributed by atoms with Crippen molar-refractivity contribution in [2.24, 2.45) is 5.92 Å². The third-order valence-electron chi connectivity index (χ3n) is 6.01. The lowest BCUT2D eigenvalue weighted by atomic mass is 10.0. The van der Waals surface area contributed by atoms with Crippen molar-refractivity contribution in [1.29, 1.82) is 0 Å². The highest BCUT2D eigenvalue weighted by Crippen LogP contribution is 2.27. The van der Waals surface area contributed by atoms with Crippen LogP contribution in [-0.2, 0) is 16.1 Å². The summed E-state index contributed by atoms with van der Waals surface area (Å²) in [5, 5.41) is 10.7. The molecule has 1 aliphatic heterocycles. The minimum Gasteiger partial charge on any atom is -0.350 e. The maximum Gasteiger partial charge on any atom is 0.248 e. The van der Waals surface area contributed by atoms with Gasteiger partial charge >= 0.3 is 0 Å². The fourth-order valence-corrected chi connectivity index (χ4v) is 4.33. The summed E-state index contributed by atoms with van der Waals surface area (Å²) in [6.45, 7) is 12.6. The molecule has 3 aromatic rings. The molecule has 0 radical (unpaired) electrons. The molecule has 0 bridgehead atoms. The highest BCUT2D eigenvalue weighted by Gasteiger charge is 2.39. The lowest BCUT2D eigenvalue weighted by Gasteiger charge is -2.29. The number of carbonyl (C=O) groups is 2. The van der Waals surface area contributed by atoms with E-state index in [1.807, 2.05) is 41.5 Å². The van der Waals surface area contributed by atoms with Crippen molar-refractivity contribution in [2.45, 2.75) is 73.0 Å². The van der Waals surface area contributed by atoms with E-state index < -0.39 is 23.7 Å². The summed E-state index contributed by atoms with van der Waals surface area (Å²) in [7, 11) is 0. The molecule has 0 aliphatic carbocycles. The van der Waals surface area contributed by atoms with Gasteiger partial charge in [0.2, 0.25) is 11.8 Å². The molecule has 0 spiro atoms. The molecule has 1 aliphatic rings. The molecule has 0 saturated carbocycles. The first-order valence-electron chi connectivity index (χ1n) is 13.2. The van der Waals surface area contributed by atoms with Crippen molar-refractivity contribution < 1.29 is 18.4 Å². The van der Waals surface area contributed by atoms with Crippen LogP contribution in [0.2, 0.25) is 0 Å². The van der Waals surface area contributed by atoms with Gasteiger partial charge in [-0.1, -0.05) is 71.0 Å². The van der Waals surface area contributed by atoms with E-state index in [2.05, 4.69) is 20.6 Å². The fraction of sp³-hybridized carbons (Fsp3) is 0.464. The van der Waals surface area contributed by atoms with Gasteiger partial charge in [0.25, 0.3) is 0 Å². The lowest BCUT2D eigenvalue weighted by Crippen LogP contribution is -2.48. The van der Waals surface area contributed by atoms with Gasteiger partial charge in [-0.2, -0.15) is 0 Å². The minimum absolute atomic E-state index is 0.0212. The Morgan fingerprint density at radius 3 is 2.24 bits per heavy atom. The maximum atomic E-state index is 14.0. The molecule has 1 fully saturated rings. The first kappa shape index (κ1) is 30.5. The summed E-state index contributed by atoms with van der Waals surface area (Å²) in [4.78, 5) is 31.4. The van der Waals surface area contributed by atoms with Crippen LogP contribution in [0.15, 0.2) is 49.1 Å². The Labute approximate surface area is 223 Å². The molecule has 4 rings (SSSR count). The molecular weight excluding hydrogens is 490 g/mol. The Morgan fingerprint density at radius 1 is 1.05 bits per heavy atom. The van der Waals surface area contributed by atoms with Gasteiger partial charge in [0.1, 0.15) is 12.1 Å². The third-order valence-corrected chi connectivity index (χ3v) is 6.01. The van der Waals surface area contributed by atoms with Crippen LogP contribution in [0, 0.1) is 17.6 Å². The summed E-state index contributed by atoms with van der Waals surface area (Å²) in [6.07, 6.45) is 6.44. The van der Waals surface area contributed by atoms with Crippen molar-refractivity contribution in [3.63, 3.8) is 0 Å². The van der Waals surface area contributed by atoms with E-state index in [0.717, 1.165) is 24.4 Å². The Morgan fingerprint density at radius 2 is 1.68 bits per heavy atom. The van der Waals surface area contributed by atoms with E-state index in [1.54, 1.807) is 35.4 Å². The quantitative estimate of drug-likeness (QED) is 0.456. The summed E-state index contributed by atoms with van der Waals surface area (Å²) in [5.41, 5.74) is 1.01. The van der Waals surface area contributed by atoms with E-state index in [1.165, 1.54) is 10.9 Å². The van der Waals surface area contributed by atoms with Gasteiger partial charge in [-0.05, 0) is 29.9 Å². The predicted molar refractivity (Wildman–Crippen MR) is 143 cm³/mol. The Hall–Kier alpha value is -3.69. The van der Waals surface area contributed by atoms with E-state index in [4.69, 9.17) is 0 Å². The summed E-state index contributed by atoms with van der Waals surface area (Å²) < 4.78 is 29.5. The van der Waals surface area contributed by atoms with Crippen LogP contribution in [0.25, 0.3) is 11.1 Å². The second-order valence-electron chi connectivity index (χ2n) is 8.65. The number of benzene rings is 1. The second-order valence-corrected chi connectivity index (χ2v) is 8.65. The monoisotopic (exact) mass is 528 g/mol. The normalized spacial score (nSPS) is 15.2. The first-order chi connectivity index (χ1) is 18.4. The number of rotatable bonds is 7. The SMILES string of the molecule is CC.CC.CC(C)C(C(=O)N1CCCC1C(=O)NCc1ccc(-c2c(F)cncc2F)cc1)n1ccnn1. The number of hydrogen-bond donors (Lipinski definition) is 1. The van der Waals surface area contributed by atoms with E-state index in [-0.39, 0.29) is 29.8 Å². The fourth-order valence-electron chi connectivity index (χ4n) is 4.33. The summed E-state index contributed by atoms with van der Waals surface area (Å²) in [6, 6.07) is 5.51.